The van der Waals surface area contributed by atoms with Crippen molar-refractivity contribution in [3.8, 4) is 0 Å². The lowest BCUT2D eigenvalue weighted by molar-refractivity contribution is -0.140. The number of esters is 1. The number of benzene rings is 2. The maximum absolute atomic E-state index is 13.0. The Hall–Kier alpha value is -2.62. The first kappa shape index (κ1) is 17.2. The van der Waals surface area contributed by atoms with E-state index in [0.717, 1.165) is 37.1 Å². The van der Waals surface area contributed by atoms with E-state index in [-0.39, 0.29) is 11.9 Å². The van der Waals surface area contributed by atoms with Gasteiger partial charge in [-0.3, -0.25) is 9.59 Å². The predicted octanol–water partition coefficient (Wildman–Crippen LogP) is 3.78. The highest BCUT2D eigenvalue weighted by molar-refractivity contribution is 6.06. The van der Waals surface area contributed by atoms with Crippen molar-refractivity contribution in [1.82, 2.24) is 0 Å². The lowest BCUT2D eigenvalue weighted by Crippen LogP contribution is -2.31. The van der Waals surface area contributed by atoms with Gasteiger partial charge in [0.25, 0.3) is 5.91 Å². The predicted molar refractivity (Wildman–Crippen MR) is 97.8 cm³/mol. The van der Waals surface area contributed by atoms with Crippen molar-refractivity contribution in [3.63, 3.8) is 0 Å². The number of carbonyl (C=O) groups is 2. The number of carbonyl (C=O) groups excluding carboxylic acids is 2. The topological polar surface area (TPSA) is 46.6 Å². The molecule has 1 aliphatic heterocycles. The van der Waals surface area contributed by atoms with Crippen LogP contribution < -0.4 is 4.90 Å². The Morgan fingerprint density at radius 3 is 2.56 bits per heavy atom. The zero-order valence-electron chi connectivity index (χ0n) is 14.5. The summed E-state index contributed by atoms with van der Waals surface area (Å²) in [5.74, 6) is -0.185. The van der Waals surface area contributed by atoms with Gasteiger partial charge in [0.15, 0.2) is 0 Å². The molecule has 0 saturated heterocycles. The molecule has 4 heteroatoms. The molecule has 1 amide bonds. The van der Waals surface area contributed by atoms with Crippen LogP contribution in [0.4, 0.5) is 5.69 Å². The van der Waals surface area contributed by atoms with Gasteiger partial charge >= 0.3 is 5.97 Å². The van der Waals surface area contributed by atoms with Crippen molar-refractivity contribution in [2.75, 3.05) is 18.6 Å². The van der Waals surface area contributed by atoms with E-state index < -0.39 is 0 Å². The van der Waals surface area contributed by atoms with Crippen LogP contribution in [0.2, 0.25) is 0 Å². The van der Waals surface area contributed by atoms with Crippen LogP contribution in [0, 0.1) is 0 Å². The third-order valence-corrected chi connectivity index (χ3v) is 4.65. The fraction of sp³-hybridized carbons (Fsp3) is 0.333. The molecule has 2 aromatic carbocycles. The van der Waals surface area contributed by atoms with E-state index in [0.29, 0.717) is 18.4 Å². The van der Waals surface area contributed by atoms with Gasteiger partial charge in [-0.25, -0.2) is 0 Å². The largest absolute Gasteiger partial charge is 0.469 e. The quantitative estimate of drug-likeness (QED) is 0.798. The first-order chi connectivity index (χ1) is 12.2. The highest BCUT2D eigenvalue weighted by Crippen LogP contribution is 2.27. The average Bonchev–Trinajstić information content (AvgIpc) is 2.88. The molecule has 0 unspecified atom stereocenters. The van der Waals surface area contributed by atoms with Crippen LogP contribution in [0.1, 0.15) is 40.7 Å². The Morgan fingerprint density at radius 2 is 1.80 bits per heavy atom. The minimum atomic E-state index is -0.221. The van der Waals surface area contributed by atoms with Crippen molar-refractivity contribution in [1.29, 1.82) is 0 Å². The second kappa shape index (κ2) is 7.97. The smallest absolute Gasteiger partial charge is 0.305 e. The minimum absolute atomic E-state index is 0.0360. The summed E-state index contributed by atoms with van der Waals surface area (Å²) in [5.41, 5.74) is 3.97. The Labute approximate surface area is 148 Å². The number of aryl methyl sites for hydroxylation is 2. The minimum Gasteiger partial charge on any atom is -0.469 e. The molecule has 1 heterocycles. The van der Waals surface area contributed by atoms with Crippen molar-refractivity contribution in [2.45, 2.75) is 32.1 Å². The number of methoxy groups -OCH3 is 1. The number of rotatable bonds is 4. The molecule has 130 valence electrons. The molecule has 0 spiro atoms. The molecule has 3 rings (SSSR count). The summed E-state index contributed by atoms with van der Waals surface area (Å²) in [5, 5.41) is 0. The van der Waals surface area contributed by atoms with Crippen LogP contribution in [0.3, 0.4) is 0 Å². The van der Waals surface area contributed by atoms with E-state index in [1.165, 1.54) is 12.7 Å². The van der Waals surface area contributed by atoms with Crippen LogP contribution in [0.5, 0.6) is 0 Å². The first-order valence-corrected chi connectivity index (χ1v) is 8.74. The lowest BCUT2D eigenvalue weighted by Gasteiger charge is -2.23. The highest BCUT2D eigenvalue weighted by Gasteiger charge is 2.21. The second-order valence-corrected chi connectivity index (χ2v) is 6.32. The molecule has 0 radical (unpaired) electrons. The summed E-state index contributed by atoms with van der Waals surface area (Å²) < 4.78 is 4.66. The molecule has 1 aliphatic rings. The number of para-hydroxylation sites is 1. The SMILES string of the molecule is COC(=O)CCc1ccc(C(=O)N2CCCCc3ccccc32)cc1. The fourth-order valence-electron chi connectivity index (χ4n) is 3.22. The lowest BCUT2D eigenvalue weighted by atomic mass is 10.1. The molecule has 0 bridgehead atoms. The Morgan fingerprint density at radius 1 is 1.04 bits per heavy atom. The normalized spacial score (nSPS) is 13.7. The van der Waals surface area contributed by atoms with Crippen LogP contribution in [-0.4, -0.2) is 25.5 Å². The number of fused-ring (bicyclic) bond motifs is 1. The summed E-state index contributed by atoms with van der Waals surface area (Å²) in [6.07, 6.45) is 4.11. The van der Waals surface area contributed by atoms with Crippen LogP contribution in [0.15, 0.2) is 48.5 Å². The van der Waals surface area contributed by atoms with Gasteiger partial charge in [-0.1, -0.05) is 30.3 Å². The van der Waals surface area contributed by atoms with Gasteiger partial charge in [-0.05, 0) is 55.0 Å². The van der Waals surface area contributed by atoms with Gasteiger partial charge in [0.1, 0.15) is 0 Å². The number of ether oxygens (including phenoxy) is 1. The first-order valence-electron chi connectivity index (χ1n) is 8.74. The Kier molecular flexibility index (Phi) is 5.49. The zero-order valence-corrected chi connectivity index (χ0v) is 14.5. The number of nitrogens with zero attached hydrogens (tertiary/aromatic N) is 1. The fourth-order valence-corrected chi connectivity index (χ4v) is 3.22. The summed E-state index contributed by atoms with van der Waals surface area (Å²) in [7, 11) is 1.39. The molecule has 0 aliphatic carbocycles. The van der Waals surface area contributed by atoms with Crippen molar-refractivity contribution < 1.29 is 14.3 Å². The average molecular weight is 337 g/mol. The third kappa shape index (κ3) is 4.08. The van der Waals surface area contributed by atoms with E-state index in [4.69, 9.17) is 0 Å². The molecular weight excluding hydrogens is 314 g/mol. The highest BCUT2D eigenvalue weighted by atomic mass is 16.5. The van der Waals surface area contributed by atoms with Gasteiger partial charge in [0, 0.05) is 24.2 Å². The molecule has 0 aromatic heterocycles. The third-order valence-electron chi connectivity index (χ3n) is 4.65. The summed E-state index contributed by atoms with van der Waals surface area (Å²) in [4.78, 5) is 26.1. The Bertz CT molecular complexity index is 752. The van der Waals surface area contributed by atoms with Crippen LogP contribution >= 0.6 is 0 Å². The molecule has 4 nitrogen and oxygen atoms in total. The monoisotopic (exact) mass is 337 g/mol. The number of amides is 1. The molecule has 0 fully saturated rings. The molecule has 2 aromatic rings. The van der Waals surface area contributed by atoms with E-state index >= 15 is 0 Å². The van der Waals surface area contributed by atoms with Gasteiger partial charge < -0.3 is 9.64 Å². The number of hydrogen-bond donors (Lipinski definition) is 0. The molecular formula is C21H23NO3. The maximum Gasteiger partial charge on any atom is 0.305 e. The Balaban J connectivity index is 1.76. The molecule has 0 N–H and O–H groups in total. The standard InChI is InChI=1S/C21H23NO3/c1-25-20(23)14-11-16-9-12-18(13-10-16)21(24)22-15-5-4-7-17-6-2-3-8-19(17)22/h2-3,6,8-10,12-13H,4-5,7,11,14-15H2,1H3. The van der Waals surface area contributed by atoms with Crippen molar-refractivity contribution >= 4 is 17.6 Å². The van der Waals surface area contributed by atoms with Gasteiger partial charge in [-0.15, -0.1) is 0 Å². The van der Waals surface area contributed by atoms with Gasteiger partial charge in [0.2, 0.25) is 0 Å². The maximum atomic E-state index is 13.0. The van der Waals surface area contributed by atoms with E-state index in [2.05, 4.69) is 10.8 Å². The van der Waals surface area contributed by atoms with E-state index in [1.54, 1.807) is 0 Å². The van der Waals surface area contributed by atoms with E-state index in [9.17, 15) is 9.59 Å². The van der Waals surface area contributed by atoms with Crippen molar-refractivity contribution in [2.24, 2.45) is 0 Å². The summed E-state index contributed by atoms with van der Waals surface area (Å²) in [6, 6.07) is 15.7. The number of hydrogen-bond acceptors (Lipinski definition) is 3. The molecule has 25 heavy (non-hydrogen) atoms. The molecule has 0 atom stereocenters. The van der Waals surface area contributed by atoms with Gasteiger partial charge in [-0.2, -0.15) is 0 Å². The summed E-state index contributed by atoms with van der Waals surface area (Å²) >= 11 is 0. The molecule has 0 saturated carbocycles. The van der Waals surface area contributed by atoms with Crippen LogP contribution in [-0.2, 0) is 22.4 Å². The van der Waals surface area contributed by atoms with Crippen molar-refractivity contribution in [3.05, 3.63) is 65.2 Å². The van der Waals surface area contributed by atoms with Crippen LogP contribution in [0.25, 0.3) is 0 Å². The second-order valence-electron chi connectivity index (χ2n) is 6.32. The van der Waals surface area contributed by atoms with Gasteiger partial charge in [0.05, 0.1) is 7.11 Å². The number of anilines is 1. The van der Waals surface area contributed by atoms with E-state index in [1.807, 2.05) is 47.4 Å². The zero-order chi connectivity index (χ0) is 17.6. The summed E-state index contributed by atoms with van der Waals surface area (Å²) in [6.45, 7) is 0.750.